The van der Waals surface area contributed by atoms with Crippen molar-refractivity contribution >= 4 is 11.4 Å². The molecule has 4 heteroatoms. The summed E-state index contributed by atoms with van der Waals surface area (Å²) in [6.07, 6.45) is 18.8. The number of hydrogen-bond donors (Lipinski definition) is 0. The summed E-state index contributed by atoms with van der Waals surface area (Å²) in [6.45, 7) is 2.27. The van der Waals surface area contributed by atoms with Crippen molar-refractivity contribution in [3.63, 3.8) is 0 Å². The van der Waals surface area contributed by atoms with Gasteiger partial charge in [-0.2, -0.15) is 0 Å². The van der Waals surface area contributed by atoms with Gasteiger partial charge >= 0.3 is 0 Å². The van der Waals surface area contributed by atoms with Crippen LogP contribution in [-0.2, 0) is 17.8 Å². The third kappa shape index (κ3) is 13.1. The first kappa shape index (κ1) is 22.2. The van der Waals surface area contributed by atoms with Gasteiger partial charge in [-0.05, 0) is 30.5 Å². The predicted octanol–water partition coefficient (Wildman–Crippen LogP) is 6.49. The summed E-state index contributed by atoms with van der Waals surface area (Å²) in [5.41, 5.74) is 1.24. The van der Waals surface area contributed by atoms with E-state index in [9.17, 15) is 8.76 Å². The fourth-order valence-corrected chi connectivity index (χ4v) is 3.41. The maximum Gasteiger partial charge on any atom is 0.139 e. The molecule has 0 heterocycles. The lowest BCUT2D eigenvalue weighted by molar-refractivity contribution is 0.440. The Morgan fingerprint density at radius 3 is 1.64 bits per heavy atom. The molecule has 0 radical (unpaired) electrons. The van der Waals surface area contributed by atoms with Crippen LogP contribution in [0.25, 0.3) is 0 Å². The van der Waals surface area contributed by atoms with E-state index in [0.29, 0.717) is 5.75 Å². The van der Waals surface area contributed by atoms with Gasteiger partial charge < -0.3 is 8.74 Å². The van der Waals surface area contributed by atoms with E-state index in [1.807, 2.05) is 12.1 Å². The molecule has 1 aromatic rings. The molecule has 0 saturated carbocycles. The molecule has 0 aromatic heterocycles. The van der Waals surface area contributed by atoms with E-state index in [2.05, 4.69) is 11.1 Å². The SMILES string of the molecule is CCCCCCCCCCCCCCCc1ccc(OS(=O)[O-])cc1. The zero-order chi connectivity index (χ0) is 18.2. The molecule has 0 saturated heterocycles. The number of hydrogen-bond acceptors (Lipinski definition) is 3. The van der Waals surface area contributed by atoms with E-state index < -0.39 is 11.4 Å². The summed E-state index contributed by atoms with van der Waals surface area (Å²) in [5.74, 6) is 0.377. The lowest BCUT2D eigenvalue weighted by Gasteiger charge is -2.08. The van der Waals surface area contributed by atoms with Crippen molar-refractivity contribution in [2.75, 3.05) is 0 Å². The minimum Gasteiger partial charge on any atom is -0.740 e. The molecule has 25 heavy (non-hydrogen) atoms. The van der Waals surface area contributed by atoms with Crippen LogP contribution in [0.5, 0.6) is 5.75 Å². The minimum atomic E-state index is -2.49. The molecule has 1 atom stereocenters. The summed E-state index contributed by atoms with van der Waals surface area (Å²) in [4.78, 5) is 0. The number of aryl methyl sites for hydroxylation is 1. The molecule has 0 N–H and O–H groups in total. The van der Waals surface area contributed by atoms with Gasteiger partial charge in [-0.15, -0.1) is 0 Å². The first-order valence-corrected chi connectivity index (χ1v) is 11.1. The smallest absolute Gasteiger partial charge is 0.139 e. The monoisotopic (exact) mass is 367 g/mol. The Labute approximate surface area is 157 Å². The molecule has 0 bridgehead atoms. The topological polar surface area (TPSA) is 49.4 Å². The molecule has 0 aliphatic carbocycles. The normalized spacial score (nSPS) is 12.2. The number of unbranched alkanes of at least 4 members (excludes halogenated alkanes) is 12. The fraction of sp³-hybridized carbons (Fsp3) is 0.714. The van der Waals surface area contributed by atoms with Crippen LogP contribution in [0.1, 0.15) is 96.0 Å². The molecule has 0 fully saturated rings. The second-order valence-electron chi connectivity index (χ2n) is 6.92. The molecule has 1 aromatic carbocycles. The summed E-state index contributed by atoms with van der Waals surface area (Å²) in [6, 6.07) is 7.33. The van der Waals surface area contributed by atoms with E-state index in [-0.39, 0.29) is 0 Å². The maximum atomic E-state index is 10.4. The second kappa shape index (κ2) is 15.4. The third-order valence-electron chi connectivity index (χ3n) is 4.66. The van der Waals surface area contributed by atoms with Gasteiger partial charge in [0.05, 0.1) is 0 Å². The molecular formula is C21H35O3S-. The van der Waals surface area contributed by atoms with Gasteiger partial charge in [-0.3, -0.25) is 0 Å². The van der Waals surface area contributed by atoms with Crippen molar-refractivity contribution < 1.29 is 12.9 Å². The second-order valence-corrected chi connectivity index (χ2v) is 7.50. The first-order valence-electron chi connectivity index (χ1n) is 10.1. The first-order chi connectivity index (χ1) is 12.2. The summed E-state index contributed by atoms with van der Waals surface area (Å²) in [7, 11) is 0. The summed E-state index contributed by atoms with van der Waals surface area (Å²) < 4.78 is 25.5. The average Bonchev–Trinajstić information content (AvgIpc) is 2.60. The third-order valence-corrected chi connectivity index (χ3v) is 4.99. The van der Waals surface area contributed by atoms with Gasteiger partial charge in [-0.1, -0.05) is 96.1 Å². The highest BCUT2D eigenvalue weighted by Crippen LogP contribution is 2.16. The van der Waals surface area contributed by atoms with Gasteiger partial charge in [-0.25, -0.2) is 4.21 Å². The van der Waals surface area contributed by atoms with E-state index in [0.717, 1.165) is 6.42 Å². The van der Waals surface area contributed by atoms with Gasteiger partial charge in [0.15, 0.2) is 0 Å². The Morgan fingerprint density at radius 1 is 0.760 bits per heavy atom. The molecular weight excluding hydrogens is 332 g/mol. The zero-order valence-corrected chi connectivity index (χ0v) is 16.7. The van der Waals surface area contributed by atoms with Crippen LogP contribution in [-0.4, -0.2) is 8.76 Å². The predicted molar refractivity (Wildman–Crippen MR) is 105 cm³/mol. The molecule has 144 valence electrons. The average molecular weight is 368 g/mol. The lowest BCUT2D eigenvalue weighted by Crippen LogP contribution is -1.97. The van der Waals surface area contributed by atoms with Crippen LogP contribution in [0.3, 0.4) is 0 Å². The number of benzene rings is 1. The van der Waals surface area contributed by atoms with Gasteiger partial charge in [0, 0.05) is 0 Å². The lowest BCUT2D eigenvalue weighted by atomic mass is 10.0. The Morgan fingerprint density at radius 2 is 1.20 bits per heavy atom. The van der Waals surface area contributed by atoms with Gasteiger partial charge in [0.1, 0.15) is 17.1 Å². The standard InChI is InChI=1S/C21H36O3S/c1-2-3-4-5-6-7-8-9-10-11-12-13-14-15-20-16-18-21(19-17-20)24-25(22)23/h16-19H,2-15H2,1H3,(H,22,23)/p-1. The summed E-state index contributed by atoms with van der Waals surface area (Å²) in [5, 5.41) is 0. The van der Waals surface area contributed by atoms with Gasteiger partial charge in [0.25, 0.3) is 0 Å². The van der Waals surface area contributed by atoms with E-state index in [1.165, 1.54) is 89.0 Å². The molecule has 0 spiro atoms. The van der Waals surface area contributed by atoms with E-state index in [1.54, 1.807) is 12.1 Å². The Kier molecular flexibility index (Phi) is 13.6. The molecule has 0 aliphatic heterocycles. The summed E-state index contributed by atoms with van der Waals surface area (Å²) >= 11 is -2.49. The number of rotatable bonds is 16. The Balaban J connectivity index is 1.89. The highest BCUT2D eigenvalue weighted by molar-refractivity contribution is 7.74. The van der Waals surface area contributed by atoms with Crippen LogP contribution in [0, 0.1) is 0 Å². The Bertz CT molecular complexity index is 445. The highest BCUT2D eigenvalue weighted by Gasteiger charge is 1.97. The largest absolute Gasteiger partial charge is 0.740 e. The quantitative estimate of drug-likeness (QED) is 0.248. The van der Waals surface area contributed by atoms with Crippen molar-refractivity contribution in [1.82, 2.24) is 0 Å². The molecule has 0 amide bonds. The molecule has 1 unspecified atom stereocenters. The van der Waals surface area contributed by atoms with Crippen LogP contribution >= 0.6 is 0 Å². The van der Waals surface area contributed by atoms with Crippen LogP contribution in [0.2, 0.25) is 0 Å². The molecule has 3 nitrogen and oxygen atoms in total. The molecule has 0 aliphatic rings. The zero-order valence-electron chi connectivity index (χ0n) is 15.8. The maximum absolute atomic E-state index is 10.4. The van der Waals surface area contributed by atoms with Crippen molar-refractivity contribution in [2.24, 2.45) is 0 Å². The molecule has 1 rings (SSSR count). The fourth-order valence-electron chi connectivity index (χ4n) is 3.14. The van der Waals surface area contributed by atoms with Crippen molar-refractivity contribution in [2.45, 2.75) is 96.8 Å². The van der Waals surface area contributed by atoms with Crippen molar-refractivity contribution in [3.8, 4) is 5.75 Å². The van der Waals surface area contributed by atoms with E-state index >= 15 is 0 Å². The Hall–Kier alpha value is -0.870. The minimum absolute atomic E-state index is 0.377. The van der Waals surface area contributed by atoms with E-state index in [4.69, 9.17) is 0 Å². The van der Waals surface area contributed by atoms with Crippen LogP contribution in [0.4, 0.5) is 0 Å². The van der Waals surface area contributed by atoms with Crippen molar-refractivity contribution in [3.05, 3.63) is 29.8 Å². The van der Waals surface area contributed by atoms with Crippen LogP contribution < -0.4 is 4.18 Å². The van der Waals surface area contributed by atoms with Crippen LogP contribution in [0.15, 0.2) is 24.3 Å². The highest BCUT2D eigenvalue weighted by atomic mass is 32.2. The van der Waals surface area contributed by atoms with Gasteiger partial charge in [0.2, 0.25) is 0 Å². The van der Waals surface area contributed by atoms with Crippen molar-refractivity contribution in [1.29, 1.82) is 0 Å².